The third-order valence-electron chi connectivity index (χ3n) is 6.03. The number of rotatable bonds is 4. The Morgan fingerprint density at radius 3 is 2.56 bits per heavy atom. The Balaban J connectivity index is 1.71. The lowest BCUT2D eigenvalue weighted by atomic mass is 9.94. The maximum absolute atomic E-state index is 13.2. The van der Waals surface area contributed by atoms with E-state index in [1.54, 1.807) is 54.6 Å². The van der Waals surface area contributed by atoms with Crippen molar-refractivity contribution in [3.05, 3.63) is 87.9 Å². The van der Waals surface area contributed by atoms with Crippen LogP contribution in [0.4, 0.5) is 5.69 Å². The van der Waals surface area contributed by atoms with Gasteiger partial charge in [0.25, 0.3) is 11.7 Å². The van der Waals surface area contributed by atoms with Gasteiger partial charge in [-0.3, -0.25) is 14.5 Å². The number of ketones is 1. The van der Waals surface area contributed by atoms with Gasteiger partial charge in [-0.15, -0.1) is 0 Å². The summed E-state index contributed by atoms with van der Waals surface area (Å²) in [6.45, 7) is 0.547. The molecule has 8 heteroatoms. The van der Waals surface area contributed by atoms with E-state index in [9.17, 15) is 19.8 Å². The van der Waals surface area contributed by atoms with Crippen molar-refractivity contribution >= 4 is 34.7 Å². The molecule has 34 heavy (non-hydrogen) atoms. The molecule has 2 heterocycles. The van der Waals surface area contributed by atoms with Gasteiger partial charge in [0.2, 0.25) is 0 Å². The predicted octanol–water partition coefficient (Wildman–Crippen LogP) is 4.62. The van der Waals surface area contributed by atoms with Crippen molar-refractivity contribution in [1.82, 2.24) is 0 Å². The van der Waals surface area contributed by atoms with Crippen molar-refractivity contribution in [2.75, 3.05) is 18.6 Å². The number of carbonyl (C=O) groups excluding carboxylic acids is 2. The van der Waals surface area contributed by atoms with Crippen molar-refractivity contribution < 1.29 is 29.3 Å². The van der Waals surface area contributed by atoms with Crippen LogP contribution in [0.2, 0.25) is 5.02 Å². The average molecular weight is 478 g/mol. The molecule has 2 N–H and O–H groups in total. The number of aliphatic hydroxyl groups excluding tert-OH is 1. The summed E-state index contributed by atoms with van der Waals surface area (Å²) >= 11 is 6.02. The van der Waals surface area contributed by atoms with E-state index in [1.165, 1.54) is 18.1 Å². The molecule has 1 unspecified atom stereocenters. The fraction of sp³-hybridized carbons (Fsp3) is 0.154. The van der Waals surface area contributed by atoms with Crippen molar-refractivity contribution in [3.8, 4) is 17.2 Å². The first-order valence-electron chi connectivity index (χ1n) is 10.6. The van der Waals surface area contributed by atoms with E-state index in [0.29, 0.717) is 34.9 Å². The first-order valence-corrected chi connectivity index (χ1v) is 11.0. The third kappa shape index (κ3) is 3.54. The monoisotopic (exact) mass is 477 g/mol. The number of hydrogen-bond acceptors (Lipinski definition) is 6. The number of Topliss-reactive ketones (excluding diaryl/α,β-unsaturated/α-hetero) is 1. The summed E-state index contributed by atoms with van der Waals surface area (Å²) in [5.41, 5.74) is 2.09. The largest absolute Gasteiger partial charge is 0.507 e. The number of phenols is 1. The number of halogens is 1. The van der Waals surface area contributed by atoms with Crippen LogP contribution in [0.5, 0.6) is 17.2 Å². The summed E-state index contributed by atoms with van der Waals surface area (Å²) < 4.78 is 10.7. The molecule has 0 spiro atoms. The van der Waals surface area contributed by atoms with Gasteiger partial charge >= 0.3 is 0 Å². The Kier molecular flexibility index (Phi) is 5.42. The third-order valence-corrected chi connectivity index (χ3v) is 6.28. The van der Waals surface area contributed by atoms with Crippen LogP contribution in [-0.2, 0) is 16.0 Å². The van der Waals surface area contributed by atoms with Gasteiger partial charge in [0.05, 0.1) is 25.3 Å². The summed E-state index contributed by atoms with van der Waals surface area (Å²) in [5.74, 6) is -1.11. The van der Waals surface area contributed by atoms with E-state index >= 15 is 0 Å². The minimum atomic E-state index is -0.984. The Morgan fingerprint density at radius 1 is 1.09 bits per heavy atom. The molecule has 1 amide bonds. The van der Waals surface area contributed by atoms with Crippen LogP contribution in [0, 0.1) is 0 Å². The zero-order valence-corrected chi connectivity index (χ0v) is 18.9. The highest BCUT2D eigenvalue weighted by molar-refractivity contribution is 6.51. The summed E-state index contributed by atoms with van der Waals surface area (Å²) in [7, 11) is 1.42. The Hall–Kier alpha value is -3.97. The van der Waals surface area contributed by atoms with Gasteiger partial charge in [0, 0.05) is 22.7 Å². The van der Waals surface area contributed by atoms with Crippen LogP contribution in [0.3, 0.4) is 0 Å². The lowest BCUT2D eigenvalue weighted by Crippen LogP contribution is -2.29. The minimum absolute atomic E-state index is 0.0802. The van der Waals surface area contributed by atoms with Crippen LogP contribution in [0.1, 0.15) is 22.7 Å². The molecule has 1 atom stereocenters. The highest BCUT2D eigenvalue weighted by atomic mass is 35.5. The number of hydrogen-bond donors (Lipinski definition) is 2. The Bertz CT molecular complexity index is 1350. The highest BCUT2D eigenvalue weighted by Crippen LogP contribution is 2.44. The van der Waals surface area contributed by atoms with Crippen molar-refractivity contribution in [3.63, 3.8) is 0 Å². The zero-order chi connectivity index (χ0) is 24.0. The van der Waals surface area contributed by atoms with Gasteiger partial charge in [-0.1, -0.05) is 17.7 Å². The Labute approximate surface area is 200 Å². The molecule has 1 fully saturated rings. The molecule has 0 saturated carbocycles. The zero-order valence-electron chi connectivity index (χ0n) is 18.1. The highest BCUT2D eigenvalue weighted by Gasteiger charge is 2.47. The second kappa shape index (κ2) is 8.43. The van der Waals surface area contributed by atoms with Gasteiger partial charge in [-0.2, -0.15) is 0 Å². The molecule has 0 aliphatic carbocycles. The normalized spacial score (nSPS) is 18.6. The summed E-state index contributed by atoms with van der Waals surface area (Å²) in [6, 6.07) is 15.2. The van der Waals surface area contributed by atoms with Crippen LogP contribution in [0.15, 0.2) is 66.2 Å². The van der Waals surface area contributed by atoms with E-state index in [0.717, 1.165) is 11.3 Å². The first-order chi connectivity index (χ1) is 16.4. The fourth-order valence-electron chi connectivity index (χ4n) is 4.38. The number of aromatic hydroxyl groups is 1. The van der Waals surface area contributed by atoms with Gasteiger partial charge in [0.15, 0.2) is 11.5 Å². The second-order valence-corrected chi connectivity index (χ2v) is 8.43. The molecule has 172 valence electrons. The number of aliphatic hydroxyl groups is 1. The minimum Gasteiger partial charge on any atom is -0.507 e. The molecule has 7 nitrogen and oxygen atoms in total. The number of carbonyl (C=O) groups is 2. The predicted molar refractivity (Wildman–Crippen MR) is 127 cm³/mol. The average Bonchev–Trinajstić information content (AvgIpc) is 3.41. The molecule has 5 rings (SSSR count). The van der Waals surface area contributed by atoms with Gasteiger partial charge in [-0.25, -0.2) is 0 Å². The number of nitrogens with zero attached hydrogens (tertiary/aromatic N) is 1. The quantitative estimate of drug-likeness (QED) is 0.323. The molecular formula is C26H20ClNO6. The first kappa shape index (κ1) is 21.9. The van der Waals surface area contributed by atoms with E-state index in [4.69, 9.17) is 21.1 Å². The summed E-state index contributed by atoms with van der Waals surface area (Å²) in [5, 5.41) is 22.2. The fourth-order valence-corrected chi connectivity index (χ4v) is 4.51. The second-order valence-electron chi connectivity index (χ2n) is 8.00. The maximum Gasteiger partial charge on any atom is 0.300 e. The summed E-state index contributed by atoms with van der Waals surface area (Å²) in [6.07, 6.45) is 0.686. The molecular weight excluding hydrogens is 458 g/mol. The van der Waals surface area contributed by atoms with Crippen LogP contribution < -0.4 is 14.4 Å². The molecule has 2 aliphatic heterocycles. The van der Waals surface area contributed by atoms with Gasteiger partial charge in [-0.05, 0) is 65.7 Å². The standard InChI is InChI=1S/C26H20ClNO6/c1-33-21-9-2-15(13-19(21)29)23-22(24(30)16-3-8-20-14(12-16)10-11-34-20)25(31)26(32)28(23)18-6-4-17(27)5-7-18/h2-9,12-13,23,29-30H,10-11H2,1H3/b24-22-. The molecule has 3 aromatic carbocycles. The van der Waals surface area contributed by atoms with E-state index in [-0.39, 0.29) is 22.8 Å². The van der Waals surface area contributed by atoms with Crippen molar-refractivity contribution in [2.45, 2.75) is 12.5 Å². The number of ether oxygens (including phenoxy) is 2. The lowest BCUT2D eigenvalue weighted by Gasteiger charge is -2.26. The number of amides is 1. The Morgan fingerprint density at radius 2 is 1.85 bits per heavy atom. The van der Waals surface area contributed by atoms with Crippen molar-refractivity contribution in [1.29, 1.82) is 0 Å². The SMILES string of the molecule is COc1ccc(C2/C(=C(/O)c3ccc4c(c3)CCO4)C(=O)C(=O)N2c2ccc(Cl)cc2)cc1O. The molecule has 2 aliphatic rings. The van der Waals surface area contributed by atoms with Crippen molar-refractivity contribution in [2.24, 2.45) is 0 Å². The summed E-state index contributed by atoms with van der Waals surface area (Å²) in [4.78, 5) is 27.7. The number of phenolic OH excluding ortho intramolecular Hbond substituents is 1. The van der Waals surface area contributed by atoms with Crippen LogP contribution in [-0.4, -0.2) is 35.6 Å². The van der Waals surface area contributed by atoms with E-state index in [2.05, 4.69) is 0 Å². The number of fused-ring (bicyclic) bond motifs is 1. The molecule has 1 saturated heterocycles. The number of methoxy groups -OCH3 is 1. The molecule has 0 radical (unpaired) electrons. The molecule has 0 aromatic heterocycles. The van der Waals surface area contributed by atoms with Crippen LogP contribution >= 0.6 is 11.6 Å². The smallest absolute Gasteiger partial charge is 0.300 e. The van der Waals surface area contributed by atoms with Gasteiger partial charge in [0.1, 0.15) is 11.5 Å². The number of benzene rings is 3. The van der Waals surface area contributed by atoms with Gasteiger partial charge < -0.3 is 19.7 Å². The van der Waals surface area contributed by atoms with E-state index < -0.39 is 17.7 Å². The van der Waals surface area contributed by atoms with E-state index in [1.807, 2.05) is 0 Å². The lowest BCUT2D eigenvalue weighted by molar-refractivity contribution is -0.132. The molecule has 3 aromatic rings. The van der Waals surface area contributed by atoms with Crippen LogP contribution in [0.25, 0.3) is 5.76 Å². The number of anilines is 1. The maximum atomic E-state index is 13.2. The topological polar surface area (TPSA) is 96.3 Å². The molecule has 0 bridgehead atoms.